The van der Waals surface area contributed by atoms with Crippen LogP contribution in [0.3, 0.4) is 0 Å². The van der Waals surface area contributed by atoms with Crippen LogP contribution in [0.2, 0.25) is 0 Å². The fourth-order valence-electron chi connectivity index (χ4n) is 3.23. The van der Waals surface area contributed by atoms with Gasteiger partial charge in [0.05, 0.1) is 5.52 Å². The SMILES string of the molecule is Nc1nc2ccc(F)c(F)c2n1C1Cc2ccccc2C1. The smallest absolute Gasteiger partial charge is 0.201 e. The molecule has 0 spiro atoms. The van der Waals surface area contributed by atoms with Crippen molar-refractivity contribution in [3.63, 3.8) is 0 Å². The monoisotopic (exact) mass is 285 g/mol. The van der Waals surface area contributed by atoms with E-state index in [9.17, 15) is 8.78 Å². The van der Waals surface area contributed by atoms with Crippen LogP contribution < -0.4 is 5.73 Å². The third-order valence-electron chi connectivity index (χ3n) is 4.17. The average Bonchev–Trinajstić information content (AvgIpc) is 3.03. The summed E-state index contributed by atoms with van der Waals surface area (Å²) in [6, 6.07) is 10.6. The lowest BCUT2D eigenvalue weighted by atomic mass is 10.1. The van der Waals surface area contributed by atoms with E-state index in [0.29, 0.717) is 5.52 Å². The maximum atomic E-state index is 14.2. The first kappa shape index (κ1) is 12.3. The summed E-state index contributed by atoms with van der Waals surface area (Å²) in [6.07, 6.45) is 1.50. The van der Waals surface area contributed by atoms with Gasteiger partial charge in [-0.05, 0) is 36.1 Å². The van der Waals surface area contributed by atoms with E-state index in [1.54, 1.807) is 4.57 Å². The minimum atomic E-state index is -0.882. The Balaban J connectivity index is 1.89. The Kier molecular flexibility index (Phi) is 2.51. The van der Waals surface area contributed by atoms with Crippen molar-refractivity contribution in [2.75, 3.05) is 5.73 Å². The average molecular weight is 285 g/mol. The molecule has 4 rings (SSSR count). The molecule has 2 aromatic carbocycles. The summed E-state index contributed by atoms with van der Waals surface area (Å²) in [5, 5.41) is 0. The lowest BCUT2D eigenvalue weighted by Gasteiger charge is -2.14. The van der Waals surface area contributed by atoms with Crippen molar-refractivity contribution in [1.82, 2.24) is 9.55 Å². The Morgan fingerprint density at radius 1 is 1.05 bits per heavy atom. The first-order valence-corrected chi connectivity index (χ1v) is 6.83. The number of anilines is 1. The molecule has 0 saturated carbocycles. The molecule has 1 heterocycles. The van der Waals surface area contributed by atoms with Crippen LogP contribution in [0.4, 0.5) is 14.7 Å². The quantitative estimate of drug-likeness (QED) is 0.746. The van der Waals surface area contributed by atoms with Gasteiger partial charge in [-0.1, -0.05) is 24.3 Å². The summed E-state index contributed by atoms with van der Waals surface area (Å²) in [5.41, 5.74) is 8.94. The first-order chi connectivity index (χ1) is 10.1. The standard InChI is InChI=1S/C16H13F2N3/c17-12-5-6-13-15(14(12)18)21(16(19)20-13)11-7-9-3-1-2-4-10(9)8-11/h1-6,11H,7-8H2,(H2,19,20). The van der Waals surface area contributed by atoms with Gasteiger partial charge in [0, 0.05) is 6.04 Å². The number of nitrogen functional groups attached to an aromatic ring is 1. The molecule has 3 aromatic rings. The zero-order chi connectivity index (χ0) is 14.6. The third-order valence-corrected chi connectivity index (χ3v) is 4.17. The highest BCUT2D eigenvalue weighted by Gasteiger charge is 2.27. The molecule has 0 radical (unpaired) electrons. The zero-order valence-electron chi connectivity index (χ0n) is 11.2. The van der Waals surface area contributed by atoms with E-state index in [4.69, 9.17) is 5.73 Å². The number of imidazole rings is 1. The van der Waals surface area contributed by atoms with Crippen molar-refractivity contribution in [1.29, 1.82) is 0 Å². The van der Waals surface area contributed by atoms with Gasteiger partial charge in [0.15, 0.2) is 11.6 Å². The second-order valence-electron chi connectivity index (χ2n) is 5.40. The zero-order valence-corrected chi connectivity index (χ0v) is 11.2. The fraction of sp³-hybridized carbons (Fsp3) is 0.188. The summed E-state index contributed by atoms with van der Waals surface area (Å²) in [6.45, 7) is 0. The van der Waals surface area contributed by atoms with E-state index in [0.717, 1.165) is 18.9 Å². The molecule has 21 heavy (non-hydrogen) atoms. The maximum absolute atomic E-state index is 14.2. The molecule has 1 aromatic heterocycles. The number of rotatable bonds is 1. The lowest BCUT2D eigenvalue weighted by molar-refractivity contribution is 0.498. The number of hydrogen-bond donors (Lipinski definition) is 1. The highest BCUT2D eigenvalue weighted by molar-refractivity contribution is 5.79. The Labute approximate surface area is 120 Å². The molecule has 1 aliphatic rings. The molecule has 0 amide bonds. The van der Waals surface area contributed by atoms with Gasteiger partial charge in [-0.2, -0.15) is 0 Å². The van der Waals surface area contributed by atoms with Gasteiger partial charge in [0.25, 0.3) is 0 Å². The molecule has 3 nitrogen and oxygen atoms in total. The van der Waals surface area contributed by atoms with Crippen molar-refractivity contribution in [2.45, 2.75) is 18.9 Å². The van der Waals surface area contributed by atoms with E-state index in [1.807, 2.05) is 12.1 Å². The summed E-state index contributed by atoms with van der Waals surface area (Å²) in [7, 11) is 0. The number of fused-ring (bicyclic) bond motifs is 2. The molecule has 0 unspecified atom stereocenters. The van der Waals surface area contributed by atoms with Crippen LogP contribution in [0, 0.1) is 11.6 Å². The van der Waals surface area contributed by atoms with Crippen LogP contribution in [-0.4, -0.2) is 9.55 Å². The molecule has 0 bridgehead atoms. The van der Waals surface area contributed by atoms with Crippen LogP contribution in [-0.2, 0) is 12.8 Å². The maximum Gasteiger partial charge on any atom is 0.201 e. The van der Waals surface area contributed by atoms with Crippen LogP contribution in [0.1, 0.15) is 17.2 Å². The van der Waals surface area contributed by atoms with Crippen LogP contribution in [0.5, 0.6) is 0 Å². The van der Waals surface area contributed by atoms with Gasteiger partial charge >= 0.3 is 0 Å². The van der Waals surface area contributed by atoms with Crippen molar-refractivity contribution in [3.8, 4) is 0 Å². The van der Waals surface area contributed by atoms with Crippen LogP contribution >= 0.6 is 0 Å². The molecular formula is C16H13F2N3. The third kappa shape index (κ3) is 1.73. The topological polar surface area (TPSA) is 43.8 Å². The normalized spacial score (nSPS) is 14.8. The highest BCUT2D eigenvalue weighted by atomic mass is 19.2. The Bertz CT molecular complexity index is 829. The summed E-state index contributed by atoms with van der Waals surface area (Å²) < 4.78 is 29.3. The van der Waals surface area contributed by atoms with E-state index in [2.05, 4.69) is 17.1 Å². The van der Waals surface area contributed by atoms with E-state index < -0.39 is 11.6 Å². The fourth-order valence-corrected chi connectivity index (χ4v) is 3.23. The Morgan fingerprint density at radius 3 is 2.38 bits per heavy atom. The first-order valence-electron chi connectivity index (χ1n) is 6.83. The number of benzene rings is 2. The van der Waals surface area contributed by atoms with Crippen LogP contribution in [0.15, 0.2) is 36.4 Å². The molecule has 5 heteroatoms. The van der Waals surface area contributed by atoms with Gasteiger partial charge in [-0.15, -0.1) is 0 Å². The highest BCUT2D eigenvalue weighted by Crippen LogP contribution is 2.35. The summed E-state index contributed by atoms with van der Waals surface area (Å²) in [5.74, 6) is -1.53. The number of nitrogens with zero attached hydrogens (tertiary/aromatic N) is 2. The Hall–Kier alpha value is -2.43. The Morgan fingerprint density at radius 2 is 1.71 bits per heavy atom. The van der Waals surface area contributed by atoms with E-state index in [1.165, 1.54) is 17.2 Å². The predicted molar refractivity (Wildman–Crippen MR) is 76.9 cm³/mol. The second kappa shape index (κ2) is 4.28. The van der Waals surface area contributed by atoms with Crippen molar-refractivity contribution in [2.24, 2.45) is 0 Å². The molecule has 0 saturated heterocycles. The largest absolute Gasteiger partial charge is 0.369 e. The van der Waals surface area contributed by atoms with Crippen LogP contribution in [0.25, 0.3) is 11.0 Å². The molecular weight excluding hydrogens is 272 g/mol. The van der Waals surface area contributed by atoms with Gasteiger partial charge in [-0.25, -0.2) is 13.8 Å². The van der Waals surface area contributed by atoms with Gasteiger partial charge in [0.2, 0.25) is 5.95 Å². The van der Waals surface area contributed by atoms with Gasteiger partial charge in [0.1, 0.15) is 5.52 Å². The van der Waals surface area contributed by atoms with Crippen molar-refractivity contribution in [3.05, 3.63) is 59.2 Å². The molecule has 1 aliphatic carbocycles. The van der Waals surface area contributed by atoms with E-state index >= 15 is 0 Å². The molecule has 2 N–H and O–H groups in total. The van der Waals surface area contributed by atoms with E-state index in [-0.39, 0.29) is 17.5 Å². The number of nitrogens with two attached hydrogens (primary N) is 1. The molecule has 0 fully saturated rings. The number of hydrogen-bond acceptors (Lipinski definition) is 2. The van der Waals surface area contributed by atoms with Crippen molar-refractivity contribution >= 4 is 17.0 Å². The summed E-state index contributed by atoms with van der Waals surface area (Å²) >= 11 is 0. The minimum Gasteiger partial charge on any atom is -0.369 e. The van der Waals surface area contributed by atoms with Gasteiger partial charge < -0.3 is 10.3 Å². The summed E-state index contributed by atoms with van der Waals surface area (Å²) in [4.78, 5) is 4.16. The molecule has 0 atom stereocenters. The van der Waals surface area contributed by atoms with Crippen molar-refractivity contribution < 1.29 is 8.78 Å². The minimum absolute atomic E-state index is 0.0244. The second-order valence-corrected chi connectivity index (χ2v) is 5.40. The number of aromatic nitrogens is 2. The molecule has 0 aliphatic heterocycles. The number of halogens is 2. The predicted octanol–water partition coefficient (Wildman–Crippen LogP) is 3.24. The van der Waals surface area contributed by atoms with Gasteiger partial charge in [-0.3, -0.25) is 0 Å². The molecule has 106 valence electrons. The lowest BCUT2D eigenvalue weighted by Crippen LogP contribution is -2.13.